The molecule has 5 rings (SSSR count). The first kappa shape index (κ1) is 25.2. The highest BCUT2D eigenvalue weighted by molar-refractivity contribution is 7.17. The molecule has 1 aliphatic carbocycles. The zero-order chi connectivity index (χ0) is 26.1. The number of esters is 1. The average Bonchev–Trinajstić information content (AvgIpc) is 3.44. The number of aromatic nitrogens is 1. The molecule has 0 spiro atoms. The van der Waals surface area contributed by atoms with Crippen molar-refractivity contribution >= 4 is 39.8 Å². The summed E-state index contributed by atoms with van der Waals surface area (Å²) >= 11 is 7.60. The highest BCUT2D eigenvalue weighted by Crippen LogP contribution is 2.43. The van der Waals surface area contributed by atoms with Crippen molar-refractivity contribution < 1.29 is 23.2 Å². The van der Waals surface area contributed by atoms with Gasteiger partial charge >= 0.3 is 5.97 Å². The summed E-state index contributed by atoms with van der Waals surface area (Å²) in [6, 6.07) is 14.5. The summed E-state index contributed by atoms with van der Waals surface area (Å²) in [5.74, 6) is -1.15. The number of hydrogen-bond donors (Lipinski definition) is 1. The number of carbonyl (C=O) groups is 2. The number of nitrogens with zero attached hydrogens (tertiary/aromatic N) is 1. The Balaban J connectivity index is 1.51. The smallest absolute Gasteiger partial charge is 0.341 e. The standard InChI is InChI=1S/C28H24ClFN2O4S/c1-3-35-28(34)23-18-13-12-17(16-8-5-4-6-9-16)14-21(18)37-27(23)31-26(33)22-15(2)36-32-25(22)24-19(29)10-7-11-20(24)30/h4-11,17H,3,12-14H2,1-2H3,(H,31,33)/t17-/m1/s1. The lowest BCUT2D eigenvalue weighted by atomic mass is 9.83. The largest absolute Gasteiger partial charge is 0.462 e. The molecule has 6 nitrogen and oxygen atoms in total. The summed E-state index contributed by atoms with van der Waals surface area (Å²) < 4.78 is 25.2. The lowest BCUT2D eigenvalue weighted by Crippen LogP contribution is -2.17. The predicted octanol–water partition coefficient (Wildman–Crippen LogP) is 7.21. The third kappa shape index (κ3) is 4.79. The Labute approximate surface area is 222 Å². The van der Waals surface area contributed by atoms with E-state index in [4.69, 9.17) is 20.9 Å². The van der Waals surface area contributed by atoms with E-state index in [0.29, 0.717) is 22.9 Å². The highest BCUT2D eigenvalue weighted by atomic mass is 35.5. The van der Waals surface area contributed by atoms with Crippen molar-refractivity contribution in [3.63, 3.8) is 0 Å². The summed E-state index contributed by atoms with van der Waals surface area (Å²) in [6.45, 7) is 3.52. The number of amides is 1. The molecule has 2 heterocycles. The van der Waals surface area contributed by atoms with Crippen LogP contribution >= 0.6 is 22.9 Å². The topological polar surface area (TPSA) is 81.4 Å². The van der Waals surface area contributed by atoms with Crippen molar-refractivity contribution in [3.05, 3.63) is 92.3 Å². The van der Waals surface area contributed by atoms with Crippen molar-refractivity contribution in [2.75, 3.05) is 11.9 Å². The molecule has 0 unspecified atom stereocenters. The molecule has 0 saturated heterocycles. The number of anilines is 1. The Morgan fingerprint density at radius 3 is 2.70 bits per heavy atom. The number of nitrogens with one attached hydrogen (secondary N) is 1. The Kier molecular flexibility index (Phi) is 7.13. The van der Waals surface area contributed by atoms with Crippen molar-refractivity contribution in [3.8, 4) is 11.3 Å². The van der Waals surface area contributed by atoms with E-state index in [1.807, 2.05) is 18.2 Å². The Morgan fingerprint density at radius 1 is 1.19 bits per heavy atom. The molecule has 0 aliphatic heterocycles. The van der Waals surface area contributed by atoms with Gasteiger partial charge in [0.2, 0.25) is 0 Å². The minimum Gasteiger partial charge on any atom is -0.462 e. The number of halogens is 2. The molecule has 0 bridgehead atoms. The van der Waals surface area contributed by atoms with Crippen LogP contribution in [0.4, 0.5) is 9.39 Å². The summed E-state index contributed by atoms with van der Waals surface area (Å²) in [6.07, 6.45) is 2.33. The quantitative estimate of drug-likeness (QED) is 0.262. The van der Waals surface area contributed by atoms with Gasteiger partial charge in [0, 0.05) is 4.88 Å². The van der Waals surface area contributed by atoms with Gasteiger partial charge in [0.1, 0.15) is 27.8 Å². The second-order valence-electron chi connectivity index (χ2n) is 8.79. The molecule has 0 saturated carbocycles. The lowest BCUT2D eigenvalue weighted by Gasteiger charge is -2.23. The van der Waals surface area contributed by atoms with Gasteiger partial charge in [-0.2, -0.15) is 0 Å². The van der Waals surface area contributed by atoms with E-state index in [1.165, 1.54) is 35.1 Å². The maximum absolute atomic E-state index is 14.6. The molecule has 190 valence electrons. The first-order valence-corrected chi connectivity index (χ1v) is 13.2. The number of fused-ring (bicyclic) bond motifs is 1. The SMILES string of the molecule is CCOC(=O)c1c(NC(=O)c2c(-c3c(F)cccc3Cl)noc2C)sc2c1CC[C@@H](c1ccccc1)C2. The zero-order valence-electron chi connectivity index (χ0n) is 20.3. The van der Waals surface area contributed by atoms with Gasteiger partial charge in [-0.05, 0) is 62.3 Å². The molecule has 1 N–H and O–H groups in total. The van der Waals surface area contributed by atoms with Gasteiger partial charge in [-0.1, -0.05) is 53.2 Å². The van der Waals surface area contributed by atoms with E-state index in [9.17, 15) is 14.0 Å². The van der Waals surface area contributed by atoms with Crippen molar-refractivity contribution in [1.82, 2.24) is 5.16 Å². The van der Waals surface area contributed by atoms with Gasteiger partial charge in [-0.25, -0.2) is 9.18 Å². The number of aryl methyl sites for hydroxylation is 1. The second kappa shape index (κ2) is 10.5. The Hall–Kier alpha value is -3.49. The van der Waals surface area contributed by atoms with Crippen LogP contribution in [0.15, 0.2) is 53.1 Å². The molecule has 0 fully saturated rings. The van der Waals surface area contributed by atoms with Crippen LogP contribution in [0.5, 0.6) is 0 Å². The zero-order valence-corrected chi connectivity index (χ0v) is 21.8. The third-order valence-corrected chi connectivity index (χ3v) is 8.02. The highest BCUT2D eigenvalue weighted by Gasteiger charge is 2.32. The number of thiophene rings is 1. The van der Waals surface area contributed by atoms with Crippen molar-refractivity contribution in [2.45, 2.75) is 39.0 Å². The molecular formula is C28H24ClFN2O4S. The fourth-order valence-corrected chi connectivity index (χ4v) is 6.37. The second-order valence-corrected chi connectivity index (χ2v) is 10.3. The fraction of sp³-hybridized carbons (Fsp3) is 0.250. The molecular weight excluding hydrogens is 515 g/mol. The number of ether oxygens (including phenoxy) is 1. The number of rotatable bonds is 6. The third-order valence-electron chi connectivity index (χ3n) is 6.53. The average molecular weight is 539 g/mol. The molecule has 37 heavy (non-hydrogen) atoms. The van der Waals surface area contributed by atoms with Gasteiger partial charge < -0.3 is 14.6 Å². The Bertz CT molecular complexity index is 1460. The van der Waals surface area contributed by atoms with E-state index in [2.05, 4.69) is 22.6 Å². The molecule has 2 aromatic carbocycles. The van der Waals surface area contributed by atoms with E-state index < -0.39 is 17.7 Å². The van der Waals surface area contributed by atoms with Crippen LogP contribution < -0.4 is 5.32 Å². The minimum absolute atomic E-state index is 0.00115. The van der Waals surface area contributed by atoms with Crippen LogP contribution in [0.25, 0.3) is 11.3 Å². The lowest BCUT2D eigenvalue weighted by molar-refractivity contribution is 0.0526. The predicted molar refractivity (Wildman–Crippen MR) is 141 cm³/mol. The summed E-state index contributed by atoms with van der Waals surface area (Å²) in [5.41, 5.74) is 2.56. The van der Waals surface area contributed by atoms with Crippen LogP contribution in [0, 0.1) is 12.7 Å². The van der Waals surface area contributed by atoms with E-state index >= 15 is 0 Å². The number of benzene rings is 2. The fourth-order valence-electron chi connectivity index (χ4n) is 4.80. The van der Waals surface area contributed by atoms with Gasteiger partial charge in [0.05, 0.1) is 22.8 Å². The maximum Gasteiger partial charge on any atom is 0.341 e. The van der Waals surface area contributed by atoms with Crippen LogP contribution in [0.1, 0.15) is 61.7 Å². The van der Waals surface area contributed by atoms with Gasteiger partial charge in [-0.3, -0.25) is 4.79 Å². The molecule has 2 aromatic heterocycles. The monoisotopic (exact) mass is 538 g/mol. The number of hydrogen-bond acceptors (Lipinski definition) is 6. The van der Waals surface area contributed by atoms with Crippen LogP contribution in [0.2, 0.25) is 5.02 Å². The van der Waals surface area contributed by atoms with Crippen molar-refractivity contribution in [1.29, 1.82) is 0 Å². The van der Waals surface area contributed by atoms with E-state index in [-0.39, 0.29) is 34.2 Å². The first-order chi connectivity index (χ1) is 17.9. The van der Waals surface area contributed by atoms with Crippen molar-refractivity contribution in [2.24, 2.45) is 0 Å². The van der Waals surface area contributed by atoms with E-state index in [1.54, 1.807) is 13.8 Å². The Morgan fingerprint density at radius 2 is 1.97 bits per heavy atom. The summed E-state index contributed by atoms with van der Waals surface area (Å²) in [4.78, 5) is 27.6. The number of carbonyl (C=O) groups excluding carboxylic acids is 2. The molecule has 4 aromatic rings. The van der Waals surface area contributed by atoms with Gasteiger partial charge in [0.25, 0.3) is 5.91 Å². The molecule has 1 aliphatic rings. The summed E-state index contributed by atoms with van der Waals surface area (Å²) in [5, 5.41) is 7.29. The molecule has 9 heteroatoms. The van der Waals surface area contributed by atoms with Gasteiger partial charge in [-0.15, -0.1) is 11.3 Å². The molecule has 1 atom stereocenters. The molecule has 0 radical (unpaired) electrons. The minimum atomic E-state index is -0.624. The normalized spacial score (nSPS) is 14.8. The van der Waals surface area contributed by atoms with Crippen LogP contribution in [-0.2, 0) is 17.6 Å². The maximum atomic E-state index is 14.6. The van der Waals surface area contributed by atoms with Crippen LogP contribution in [-0.4, -0.2) is 23.6 Å². The summed E-state index contributed by atoms with van der Waals surface area (Å²) in [7, 11) is 0. The van der Waals surface area contributed by atoms with E-state index in [0.717, 1.165) is 23.3 Å². The van der Waals surface area contributed by atoms with Gasteiger partial charge in [0.15, 0.2) is 0 Å². The van der Waals surface area contributed by atoms with Crippen LogP contribution in [0.3, 0.4) is 0 Å². The molecule has 1 amide bonds. The first-order valence-electron chi connectivity index (χ1n) is 12.0.